The first-order valence-corrected chi connectivity index (χ1v) is 19.6. The van der Waals surface area contributed by atoms with E-state index in [1.165, 1.54) is 0 Å². The number of pyridine rings is 3. The molecule has 51 heavy (non-hydrogen) atoms. The number of hydrogen-bond acceptors (Lipinski definition) is 6. The lowest BCUT2D eigenvalue weighted by atomic mass is 9.99. The predicted molar refractivity (Wildman–Crippen MR) is 208 cm³/mol. The quantitative estimate of drug-likeness (QED) is 0.0908. The molecule has 0 fully saturated rings. The Morgan fingerprint density at radius 3 is 1.18 bits per heavy atom. The van der Waals surface area contributed by atoms with Gasteiger partial charge in [-0.15, -0.1) is 0 Å². The standard InChI is InChI=1S/C42H62N6O3/c1-7-13-16-30(10-4)27-45-40(49)33-19-21-43-36(23-33)38-25-35(42(51)47-29-32(12-6)18-15-9-3)26-39(48-38)37-24-34(20-22-44-37)41(50)46-28-31(11-5)17-14-8-2/h19-26,30-32H,7-18,27-29H2,1-6H3,(H,45,49)(H,46,50)(H,47,51). The van der Waals surface area contributed by atoms with E-state index in [0.29, 0.717) is 76.9 Å². The van der Waals surface area contributed by atoms with Gasteiger partial charge in [-0.3, -0.25) is 24.4 Å². The minimum absolute atomic E-state index is 0.166. The first-order chi connectivity index (χ1) is 24.8. The fraction of sp³-hybridized carbons (Fsp3) is 0.571. The monoisotopic (exact) mass is 698 g/mol. The predicted octanol–water partition coefficient (Wildman–Crippen LogP) is 9.04. The highest BCUT2D eigenvalue weighted by Gasteiger charge is 2.18. The van der Waals surface area contributed by atoms with Gasteiger partial charge in [0.15, 0.2) is 0 Å². The van der Waals surface area contributed by atoms with Crippen LogP contribution in [0.5, 0.6) is 0 Å². The number of carbonyl (C=O) groups excluding carboxylic acids is 3. The molecule has 3 amide bonds. The third kappa shape index (κ3) is 13.5. The molecule has 0 saturated heterocycles. The second-order valence-corrected chi connectivity index (χ2v) is 13.9. The Kier molecular flexibility index (Phi) is 18.3. The van der Waals surface area contributed by atoms with E-state index in [2.05, 4.69) is 67.5 Å². The Balaban J connectivity index is 1.94. The third-order valence-electron chi connectivity index (χ3n) is 9.94. The maximum Gasteiger partial charge on any atom is 0.251 e. The van der Waals surface area contributed by atoms with Crippen molar-refractivity contribution in [2.75, 3.05) is 19.6 Å². The average molecular weight is 699 g/mol. The summed E-state index contributed by atoms with van der Waals surface area (Å²) < 4.78 is 0. The molecule has 9 nitrogen and oxygen atoms in total. The van der Waals surface area contributed by atoms with E-state index in [1.54, 1.807) is 48.8 Å². The van der Waals surface area contributed by atoms with Crippen molar-refractivity contribution in [1.82, 2.24) is 30.9 Å². The average Bonchev–Trinajstić information content (AvgIpc) is 3.17. The van der Waals surface area contributed by atoms with Gasteiger partial charge in [0, 0.05) is 48.7 Å². The summed E-state index contributed by atoms with van der Waals surface area (Å²) in [5, 5.41) is 9.33. The van der Waals surface area contributed by atoms with Crippen LogP contribution in [-0.2, 0) is 0 Å². The van der Waals surface area contributed by atoms with Crippen LogP contribution in [0.3, 0.4) is 0 Å². The number of nitrogens with one attached hydrogen (secondary N) is 3. The molecule has 3 unspecified atom stereocenters. The summed E-state index contributed by atoms with van der Waals surface area (Å²) in [5.74, 6) is 0.716. The van der Waals surface area contributed by atoms with Gasteiger partial charge in [0.1, 0.15) is 0 Å². The van der Waals surface area contributed by atoms with Gasteiger partial charge in [0.2, 0.25) is 0 Å². The van der Waals surface area contributed by atoms with E-state index in [-0.39, 0.29) is 17.7 Å². The molecule has 3 atom stereocenters. The van der Waals surface area contributed by atoms with Crippen molar-refractivity contribution in [3.05, 3.63) is 65.5 Å². The summed E-state index contributed by atoms with van der Waals surface area (Å²) in [6.07, 6.45) is 16.2. The van der Waals surface area contributed by atoms with Gasteiger partial charge in [-0.1, -0.05) is 99.3 Å². The molecule has 0 saturated carbocycles. The minimum atomic E-state index is -0.215. The van der Waals surface area contributed by atoms with E-state index in [1.807, 2.05) is 0 Å². The lowest BCUT2D eigenvalue weighted by Gasteiger charge is -2.16. The molecule has 278 valence electrons. The zero-order chi connectivity index (χ0) is 37.0. The maximum atomic E-state index is 13.7. The second kappa shape index (κ2) is 22.6. The van der Waals surface area contributed by atoms with Crippen LogP contribution in [0.1, 0.15) is 150 Å². The van der Waals surface area contributed by atoms with Crippen molar-refractivity contribution in [2.45, 2.75) is 119 Å². The number of aromatic nitrogens is 3. The molecule has 0 aliphatic carbocycles. The number of nitrogens with zero attached hydrogens (tertiary/aromatic N) is 3. The fourth-order valence-corrected chi connectivity index (χ4v) is 6.20. The Morgan fingerprint density at radius 1 is 0.510 bits per heavy atom. The van der Waals surface area contributed by atoms with Crippen molar-refractivity contribution < 1.29 is 14.4 Å². The number of rotatable bonds is 23. The van der Waals surface area contributed by atoms with E-state index in [0.717, 1.165) is 77.0 Å². The Hall–Kier alpha value is -4.14. The van der Waals surface area contributed by atoms with Crippen LogP contribution in [0.15, 0.2) is 48.8 Å². The van der Waals surface area contributed by atoms with E-state index < -0.39 is 0 Å². The van der Waals surface area contributed by atoms with Crippen LogP contribution in [0.25, 0.3) is 22.8 Å². The third-order valence-corrected chi connectivity index (χ3v) is 9.94. The topological polar surface area (TPSA) is 126 Å². The van der Waals surface area contributed by atoms with Gasteiger partial charge in [0.25, 0.3) is 17.7 Å². The Labute approximate surface area is 306 Å². The summed E-state index contributed by atoms with van der Waals surface area (Å²) in [5.41, 5.74) is 3.20. The molecule has 0 aliphatic rings. The molecule has 3 rings (SSSR count). The maximum absolute atomic E-state index is 13.7. The molecule has 0 bridgehead atoms. The van der Waals surface area contributed by atoms with Gasteiger partial charge in [0.05, 0.1) is 22.8 Å². The van der Waals surface area contributed by atoms with Crippen LogP contribution in [0.4, 0.5) is 0 Å². The lowest BCUT2D eigenvalue weighted by Crippen LogP contribution is -2.29. The first-order valence-electron chi connectivity index (χ1n) is 19.6. The van der Waals surface area contributed by atoms with E-state index >= 15 is 0 Å². The second-order valence-electron chi connectivity index (χ2n) is 13.9. The zero-order valence-electron chi connectivity index (χ0n) is 32.0. The highest BCUT2D eigenvalue weighted by molar-refractivity contribution is 5.98. The van der Waals surface area contributed by atoms with Crippen molar-refractivity contribution in [3.63, 3.8) is 0 Å². The molecule has 0 aliphatic heterocycles. The van der Waals surface area contributed by atoms with Crippen molar-refractivity contribution in [3.8, 4) is 22.8 Å². The summed E-state index contributed by atoms with van der Waals surface area (Å²) in [6, 6.07) is 10.2. The minimum Gasteiger partial charge on any atom is -0.352 e. The molecular formula is C42H62N6O3. The van der Waals surface area contributed by atoms with E-state index in [4.69, 9.17) is 4.98 Å². The van der Waals surface area contributed by atoms with Crippen molar-refractivity contribution >= 4 is 17.7 Å². The van der Waals surface area contributed by atoms with Gasteiger partial charge in [-0.05, 0) is 73.4 Å². The molecule has 3 aromatic heterocycles. The van der Waals surface area contributed by atoms with Gasteiger partial charge in [-0.25, -0.2) is 4.98 Å². The summed E-state index contributed by atoms with van der Waals surface area (Å²) in [4.78, 5) is 54.1. The molecule has 9 heteroatoms. The van der Waals surface area contributed by atoms with Gasteiger partial charge >= 0.3 is 0 Å². The number of carbonyl (C=O) groups is 3. The van der Waals surface area contributed by atoms with Gasteiger partial charge in [-0.2, -0.15) is 0 Å². The smallest absolute Gasteiger partial charge is 0.251 e. The molecule has 3 heterocycles. The molecule has 0 radical (unpaired) electrons. The van der Waals surface area contributed by atoms with Crippen molar-refractivity contribution in [2.24, 2.45) is 17.8 Å². The number of amides is 3. The highest BCUT2D eigenvalue weighted by Crippen LogP contribution is 2.25. The summed E-state index contributed by atoms with van der Waals surface area (Å²) >= 11 is 0. The normalized spacial score (nSPS) is 12.9. The fourth-order valence-electron chi connectivity index (χ4n) is 6.20. The van der Waals surface area contributed by atoms with Gasteiger partial charge < -0.3 is 16.0 Å². The lowest BCUT2D eigenvalue weighted by molar-refractivity contribution is 0.0937. The van der Waals surface area contributed by atoms with Crippen LogP contribution in [-0.4, -0.2) is 52.3 Å². The van der Waals surface area contributed by atoms with Crippen molar-refractivity contribution in [1.29, 1.82) is 0 Å². The van der Waals surface area contributed by atoms with E-state index in [9.17, 15) is 14.4 Å². The largest absolute Gasteiger partial charge is 0.352 e. The Morgan fingerprint density at radius 2 is 0.843 bits per heavy atom. The highest BCUT2D eigenvalue weighted by atomic mass is 16.2. The zero-order valence-corrected chi connectivity index (χ0v) is 32.0. The molecule has 3 aromatic rings. The number of hydrogen-bond donors (Lipinski definition) is 3. The first kappa shape index (κ1) is 41.3. The summed E-state index contributed by atoms with van der Waals surface area (Å²) in [7, 11) is 0. The van der Waals surface area contributed by atoms with Crippen LogP contribution in [0, 0.1) is 17.8 Å². The van der Waals surface area contributed by atoms with Crippen LogP contribution < -0.4 is 16.0 Å². The Bertz CT molecular complexity index is 1430. The molecule has 0 spiro atoms. The molecular weight excluding hydrogens is 637 g/mol. The number of unbranched alkanes of at least 4 members (excludes halogenated alkanes) is 3. The molecule has 3 N–H and O–H groups in total. The van der Waals surface area contributed by atoms with Crippen LogP contribution in [0.2, 0.25) is 0 Å². The summed E-state index contributed by atoms with van der Waals surface area (Å²) in [6.45, 7) is 14.8. The molecule has 0 aromatic carbocycles. The van der Waals surface area contributed by atoms with Crippen LogP contribution >= 0.6 is 0 Å². The SMILES string of the molecule is CCCCC(CC)CNC(=O)c1ccnc(-c2cc(C(=O)NCC(CC)CCCC)cc(-c3cc(C(=O)NCC(CC)CCCC)ccn3)n2)c1.